The maximum absolute atomic E-state index is 5.94. The Hall–Kier alpha value is -0.850. The summed E-state index contributed by atoms with van der Waals surface area (Å²) in [5, 5.41) is 0.466. The predicted molar refractivity (Wildman–Crippen MR) is 68.7 cm³/mol. The topological polar surface area (TPSA) is 42.7 Å². The smallest absolute Gasteiger partial charge is 0.182 e. The lowest BCUT2D eigenvalue weighted by Crippen LogP contribution is -2.37. The fourth-order valence-electron chi connectivity index (χ4n) is 1.90. The molecule has 17 heavy (non-hydrogen) atoms. The van der Waals surface area contributed by atoms with Crippen LogP contribution in [0.3, 0.4) is 0 Å². The molecule has 3 heterocycles. The first-order valence-corrected chi connectivity index (χ1v) is 6.44. The van der Waals surface area contributed by atoms with E-state index in [2.05, 4.69) is 30.8 Å². The van der Waals surface area contributed by atoms with Crippen molar-refractivity contribution in [3.8, 4) is 0 Å². The molecule has 0 amide bonds. The summed E-state index contributed by atoms with van der Waals surface area (Å²) in [6.07, 6.45) is 3.53. The first-order chi connectivity index (χ1) is 8.25. The van der Waals surface area contributed by atoms with Gasteiger partial charge in [-0.15, -0.1) is 0 Å². The Morgan fingerprint density at radius 3 is 2.88 bits per heavy atom. The zero-order chi connectivity index (χ0) is 11.8. The number of nitrogens with zero attached hydrogens (tertiary/aromatic N) is 4. The molecule has 0 aromatic carbocycles. The highest BCUT2D eigenvalue weighted by Gasteiger charge is 2.18. The predicted octanol–water partition coefficient (Wildman–Crippen LogP) is 1.98. The van der Waals surface area contributed by atoms with Crippen molar-refractivity contribution >= 4 is 39.0 Å². The van der Waals surface area contributed by atoms with Crippen LogP contribution in [-0.2, 0) is 4.74 Å². The summed E-state index contributed by atoms with van der Waals surface area (Å²) < 4.78 is 8.06. The van der Waals surface area contributed by atoms with Crippen LogP contribution in [0.15, 0.2) is 17.0 Å². The lowest BCUT2D eigenvalue weighted by molar-refractivity contribution is 0.122. The van der Waals surface area contributed by atoms with Crippen molar-refractivity contribution in [2.24, 2.45) is 0 Å². The monoisotopic (exact) mass is 316 g/mol. The Morgan fingerprint density at radius 1 is 1.35 bits per heavy atom. The Bertz CT molecular complexity index is 552. The Balaban J connectivity index is 2.12. The molecule has 0 saturated carbocycles. The molecule has 90 valence electrons. The lowest BCUT2D eigenvalue weighted by atomic mass is 10.4. The Labute approximate surface area is 111 Å². The van der Waals surface area contributed by atoms with E-state index in [9.17, 15) is 0 Å². The second kappa shape index (κ2) is 4.44. The highest BCUT2D eigenvalue weighted by Crippen LogP contribution is 2.24. The van der Waals surface area contributed by atoms with E-state index >= 15 is 0 Å². The molecule has 2 aromatic rings. The molecule has 1 aliphatic rings. The van der Waals surface area contributed by atoms with Gasteiger partial charge in [0.15, 0.2) is 11.5 Å². The molecule has 1 aliphatic heterocycles. The van der Waals surface area contributed by atoms with Crippen molar-refractivity contribution in [2.75, 3.05) is 31.2 Å². The zero-order valence-electron chi connectivity index (χ0n) is 8.94. The third-order valence-electron chi connectivity index (χ3n) is 2.71. The van der Waals surface area contributed by atoms with Crippen LogP contribution in [0.1, 0.15) is 0 Å². The van der Waals surface area contributed by atoms with E-state index < -0.39 is 0 Å². The molecule has 0 unspecified atom stereocenters. The van der Waals surface area contributed by atoms with Crippen LogP contribution in [0.25, 0.3) is 5.65 Å². The summed E-state index contributed by atoms with van der Waals surface area (Å²) in [6, 6.07) is 0. The maximum Gasteiger partial charge on any atom is 0.182 e. The van der Waals surface area contributed by atoms with Gasteiger partial charge in [-0.2, -0.15) is 0 Å². The van der Waals surface area contributed by atoms with Crippen molar-refractivity contribution in [3.05, 3.63) is 22.1 Å². The summed E-state index contributed by atoms with van der Waals surface area (Å²) in [6.45, 7) is 3.10. The highest BCUT2D eigenvalue weighted by atomic mass is 79.9. The molecular weight excluding hydrogens is 307 g/mol. The average molecular weight is 318 g/mol. The molecule has 2 aromatic heterocycles. The molecular formula is C10H10BrClN4O. The van der Waals surface area contributed by atoms with Crippen molar-refractivity contribution in [1.82, 2.24) is 14.4 Å². The summed E-state index contributed by atoms with van der Waals surface area (Å²) in [5.41, 5.74) is 0.770. The van der Waals surface area contributed by atoms with Crippen molar-refractivity contribution < 1.29 is 4.74 Å². The van der Waals surface area contributed by atoms with E-state index in [0.717, 1.165) is 42.4 Å². The number of rotatable bonds is 1. The molecule has 0 bridgehead atoms. The van der Waals surface area contributed by atoms with Gasteiger partial charge in [0.2, 0.25) is 0 Å². The molecule has 0 radical (unpaired) electrons. The Morgan fingerprint density at radius 2 is 2.12 bits per heavy atom. The summed E-state index contributed by atoms with van der Waals surface area (Å²) in [4.78, 5) is 10.9. The molecule has 0 aliphatic carbocycles. The number of anilines is 1. The molecule has 1 fully saturated rings. The van der Waals surface area contributed by atoms with E-state index in [1.807, 2.05) is 4.40 Å². The summed E-state index contributed by atoms with van der Waals surface area (Å²) >= 11 is 9.37. The molecule has 0 spiro atoms. The van der Waals surface area contributed by atoms with Gasteiger partial charge in [-0.3, -0.25) is 4.40 Å². The second-order valence-corrected chi connectivity index (χ2v) is 4.96. The van der Waals surface area contributed by atoms with Crippen LogP contribution in [0, 0.1) is 0 Å². The van der Waals surface area contributed by atoms with Crippen LogP contribution < -0.4 is 4.90 Å². The van der Waals surface area contributed by atoms with Crippen LogP contribution in [-0.4, -0.2) is 40.7 Å². The van der Waals surface area contributed by atoms with Gasteiger partial charge in [0.05, 0.1) is 19.4 Å². The summed E-state index contributed by atoms with van der Waals surface area (Å²) in [5.74, 6) is 0.850. The number of halogens is 2. The first kappa shape index (κ1) is 11.3. The van der Waals surface area contributed by atoms with Crippen molar-refractivity contribution in [3.63, 3.8) is 0 Å². The molecule has 1 saturated heterocycles. The van der Waals surface area contributed by atoms with Gasteiger partial charge in [-0.25, -0.2) is 9.97 Å². The largest absolute Gasteiger partial charge is 0.378 e. The first-order valence-electron chi connectivity index (χ1n) is 5.27. The fourth-order valence-corrected chi connectivity index (χ4v) is 2.46. The number of morpholine rings is 1. The molecule has 3 rings (SSSR count). The third-order valence-corrected chi connectivity index (χ3v) is 3.48. The number of hydrogen-bond donors (Lipinski definition) is 0. The molecule has 0 N–H and O–H groups in total. The van der Waals surface area contributed by atoms with E-state index in [1.54, 1.807) is 12.4 Å². The van der Waals surface area contributed by atoms with E-state index in [0.29, 0.717) is 5.15 Å². The van der Waals surface area contributed by atoms with Crippen molar-refractivity contribution in [2.45, 2.75) is 0 Å². The third kappa shape index (κ3) is 2.00. The quantitative estimate of drug-likeness (QED) is 0.806. The number of imidazole rings is 1. The van der Waals surface area contributed by atoms with Gasteiger partial charge in [-0.05, 0) is 15.9 Å². The summed E-state index contributed by atoms with van der Waals surface area (Å²) in [7, 11) is 0. The second-order valence-electron chi connectivity index (χ2n) is 3.76. The van der Waals surface area contributed by atoms with Gasteiger partial charge in [0.25, 0.3) is 0 Å². The standard InChI is InChI=1S/C10H10BrClN4O/c11-7-5-13-9(15-1-3-17-4-2-15)10-14-8(12)6-16(7)10/h5-6H,1-4H2. The Kier molecular flexibility index (Phi) is 2.94. The lowest BCUT2D eigenvalue weighted by Gasteiger charge is -2.27. The average Bonchev–Trinajstić information content (AvgIpc) is 2.73. The molecule has 0 atom stereocenters. The van der Waals surface area contributed by atoms with Gasteiger partial charge < -0.3 is 9.64 Å². The normalized spacial score (nSPS) is 16.7. The minimum Gasteiger partial charge on any atom is -0.378 e. The molecule has 7 heteroatoms. The minimum absolute atomic E-state index is 0.466. The van der Waals surface area contributed by atoms with Gasteiger partial charge in [0.1, 0.15) is 9.76 Å². The van der Waals surface area contributed by atoms with Crippen LogP contribution >= 0.6 is 27.5 Å². The van der Waals surface area contributed by atoms with Crippen LogP contribution in [0.2, 0.25) is 5.15 Å². The van der Waals surface area contributed by atoms with Crippen LogP contribution in [0.5, 0.6) is 0 Å². The van der Waals surface area contributed by atoms with Gasteiger partial charge in [0, 0.05) is 19.3 Å². The number of aromatic nitrogens is 3. The van der Waals surface area contributed by atoms with Crippen molar-refractivity contribution in [1.29, 1.82) is 0 Å². The van der Waals surface area contributed by atoms with Gasteiger partial charge in [-0.1, -0.05) is 11.6 Å². The number of ether oxygens (including phenoxy) is 1. The number of hydrogen-bond acceptors (Lipinski definition) is 4. The molecule has 5 nitrogen and oxygen atoms in total. The van der Waals surface area contributed by atoms with E-state index in [1.165, 1.54) is 0 Å². The van der Waals surface area contributed by atoms with E-state index in [-0.39, 0.29) is 0 Å². The highest BCUT2D eigenvalue weighted by molar-refractivity contribution is 9.10. The zero-order valence-corrected chi connectivity index (χ0v) is 11.3. The fraction of sp³-hybridized carbons (Fsp3) is 0.400. The van der Waals surface area contributed by atoms with E-state index in [4.69, 9.17) is 16.3 Å². The minimum atomic E-state index is 0.466. The van der Waals surface area contributed by atoms with Gasteiger partial charge >= 0.3 is 0 Å². The van der Waals surface area contributed by atoms with Crippen LogP contribution in [0.4, 0.5) is 5.82 Å². The maximum atomic E-state index is 5.94. The SMILES string of the molecule is Clc1cn2c(Br)cnc(N3CCOCC3)c2n1. The number of fused-ring (bicyclic) bond motifs is 1.